The molecule has 236 valence electrons. The Morgan fingerprint density at radius 1 is 1.05 bits per heavy atom. The number of nitrogens with two attached hydrogens (primary N) is 2. The Morgan fingerprint density at radius 2 is 1.84 bits per heavy atom. The number of fused-ring (bicyclic) bond motifs is 5. The molecule has 7 rings (SSSR count). The SMILES string of the molecule is Nc1nc2c(ccn2[C@@H]2O[C@@H]3COP(=O)(O)OC4C(O)[C@H](n5cnc6c(N)ncnc65)O[C@@H]4COP(S)OC2C3O)c(=O)[nH]1. The maximum atomic E-state index is 13.1. The Morgan fingerprint density at radius 3 is 2.66 bits per heavy atom. The molecule has 6 unspecified atom stereocenters. The smallest absolute Gasteiger partial charge is 0.387 e. The molecule has 3 saturated heterocycles. The highest BCUT2D eigenvalue weighted by Crippen LogP contribution is 2.53. The number of thiol groups is 1. The van der Waals surface area contributed by atoms with Gasteiger partial charge in [-0.3, -0.25) is 23.4 Å². The van der Waals surface area contributed by atoms with Gasteiger partial charge in [0.15, 0.2) is 29.6 Å². The maximum Gasteiger partial charge on any atom is 0.472 e. The molecular weight excluding hydrogens is 648 g/mol. The Labute approximate surface area is 251 Å². The summed E-state index contributed by atoms with van der Waals surface area (Å²) in [5.74, 6) is -0.0457. The molecule has 10 atom stereocenters. The molecule has 2 bridgehead atoms. The maximum absolute atomic E-state index is 13.1. The predicted octanol–water partition coefficient (Wildman–Crippen LogP) is -0.680. The molecule has 0 radical (unpaired) electrons. The van der Waals surface area contributed by atoms with Crippen LogP contribution in [0, 0.1) is 0 Å². The first-order valence-electron chi connectivity index (χ1n) is 12.9. The van der Waals surface area contributed by atoms with E-state index in [1.807, 2.05) is 0 Å². The number of nitrogens with one attached hydrogen (secondary N) is 1. The second-order valence-corrected chi connectivity index (χ2v) is 13.4. The van der Waals surface area contributed by atoms with E-state index in [2.05, 4.69) is 37.2 Å². The number of imidazole rings is 1. The summed E-state index contributed by atoms with van der Waals surface area (Å²) in [6.45, 7) is -0.971. The highest BCUT2D eigenvalue weighted by molar-refractivity contribution is 8.41. The van der Waals surface area contributed by atoms with Crippen LogP contribution in [-0.4, -0.2) is 99.0 Å². The first kappa shape index (κ1) is 29.9. The van der Waals surface area contributed by atoms with Gasteiger partial charge in [0.05, 0.1) is 24.9 Å². The highest BCUT2D eigenvalue weighted by Gasteiger charge is 2.52. The van der Waals surface area contributed by atoms with Gasteiger partial charge in [0.2, 0.25) is 13.5 Å². The van der Waals surface area contributed by atoms with E-state index in [-0.39, 0.29) is 40.6 Å². The van der Waals surface area contributed by atoms with Crippen LogP contribution in [0.4, 0.5) is 11.8 Å². The van der Waals surface area contributed by atoms with Crippen molar-refractivity contribution in [3.63, 3.8) is 0 Å². The van der Waals surface area contributed by atoms with Gasteiger partial charge in [0.25, 0.3) is 5.56 Å². The van der Waals surface area contributed by atoms with Gasteiger partial charge in [-0.1, -0.05) is 12.2 Å². The Kier molecular flexibility index (Phi) is 7.63. The van der Waals surface area contributed by atoms with Crippen molar-refractivity contribution in [1.29, 1.82) is 0 Å². The molecule has 4 aromatic heterocycles. The van der Waals surface area contributed by atoms with Crippen LogP contribution < -0.4 is 17.0 Å². The molecule has 0 spiro atoms. The van der Waals surface area contributed by atoms with E-state index in [0.717, 1.165) is 0 Å². The molecule has 3 aliphatic heterocycles. The summed E-state index contributed by atoms with van der Waals surface area (Å²) in [7, 11) is -6.99. The number of phosphoric acid groups is 1. The minimum Gasteiger partial charge on any atom is -0.387 e. The average Bonchev–Trinajstić information content (AvgIpc) is 3.72. The highest BCUT2D eigenvalue weighted by atomic mass is 32.7. The molecule has 23 heteroatoms. The number of H-pyrrole nitrogens is 1. The van der Waals surface area contributed by atoms with E-state index < -0.39 is 76.6 Å². The zero-order chi connectivity index (χ0) is 30.9. The minimum atomic E-state index is -4.92. The van der Waals surface area contributed by atoms with Crippen LogP contribution >= 0.6 is 27.6 Å². The molecule has 0 amide bonds. The molecule has 4 aromatic rings. The van der Waals surface area contributed by atoms with Crippen molar-refractivity contribution in [1.82, 2.24) is 34.1 Å². The van der Waals surface area contributed by atoms with Gasteiger partial charge in [-0.15, -0.1) is 0 Å². The number of phosphoric ester groups is 1. The number of ether oxygens (including phenoxy) is 2. The average molecular weight is 673 g/mol. The van der Waals surface area contributed by atoms with Crippen LogP contribution in [-0.2, 0) is 32.1 Å². The van der Waals surface area contributed by atoms with E-state index in [1.165, 1.54) is 34.1 Å². The van der Waals surface area contributed by atoms with Crippen LogP contribution in [0.5, 0.6) is 0 Å². The zero-order valence-electron chi connectivity index (χ0n) is 22.1. The number of nitrogen functional groups attached to an aromatic ring is 2. The summed E-state index contributed by atoms with van der Waals surface area (Å²) >= 11 is 4.41. The standard InChI is InChI=1S/C21H25N9O11P2S/c22-15-10-17(25-5-24-15)30(6-26-10)19-12(32)13-9(39-19)3-36-42(44)40-14-11(31)8(4-37-43(34,35)41-13)38-20(14)29-2-1-7-16(29)27-21(23)28-18(7)33/h1-2,5-6,8-9,11-14,19-20,31-32,44H,3-4H2,(H,34,35)(H2,22,24,25)(H3,23,27,28,33)/t8-,9-,11?,12?,13?,14?,19-,20-,42?/m1/s1. The molecule has 20 nitrogen and oxygen atoms in total. The van der Waals surface area contributed by atoms with Gasteiger partial charge in [-0.05, 0) is 6.07 Å². The van der Waals surface area contributed by atoms with Crippen molar-refractivity contribution in [2.45, 2.75) is 49.1 Å². The third kappa shape index (κ3) is 5.17. The molecule has 44 heavy (non-hydrogen) atoms. The van der Waals surface area contributed by atoms with Gasteiger partial charge in [0, 0.05) is 6.20 Å². The number of hydrogen-bond donors (Lipinski definition) is 7. The lowest BCUT2D eigenvalue weighted by atomic mass is 10.1. The summed E-state index contributed by atoms with van der Waals surface area (Å²) in [6.07, 6.45) is -6.22. The fourth-order valence-corrected chi connectivity index (χ4v) is 7.62. The van der Waals surface area contributed by atoms with Crippen molar-refractivity contribution < 1.29 is 47.2 Å². The number of nitrogens with zero attached hydrogens (tertiary/aromatic N) is 6. The lowest BCUT2D eigenvalue weighted by Gasteiger charge is -2.26. The quantitative estimate of drug-likeness (QED) is 0.102. The molecule has 0 saturated carbocycles. The first-order valence-corrected chi connectivity index (χ1v) is 16.7. The summed E-state index contributed by atoms with van der Waals surface area (Å²) in [4.78, 5) is 41.8. The van der Waals surface area contributed by atoms with Crippen molar-refractivity contribution in [3.8, 4) is 0 Å². The van der Waals surface area contributed by atoms with E-state index in [4.69, 9.17) is 39.0 Å². The lowest BCUT2D eigenvalue weighted by molar-refractivity contribution is -0.0599. The van der Waals surface area contributed by atoms with Crippen LogP contribution in [0.1, 0.15) is 12.5 Å². The van der Waals surface area contributed by atoms with Gasteiger partial charge in [-0.2, -0.15) is 4.98 Å². The van der Waals surface area contributed by atoms with Crippen LogP contribution in [0.25, 0.3) is 22.2 Å². The van der Waals surface area contributed by atoms with Gasteiger partial charge < -0.3 is 49.7 Å². The van der Waals surface area contributed by atoms with E-state index in [1.54, 1.807) is 0 Å². The number of rotatable bonds is 2. The van der Waals surface area contributed by atoms with Crippen LogP contribution in [0.15, 0.2) is 29.7 Å². The summed E-state index contributed by atoms with van der Waals surface area (Å²) in [5, 5.41) is 22.5. The van der Waals surface area contributed by atoms with Crippen molar-refractivity contribution in [2.75, 3.05) is 24.7 Å². The third-order valence-electron chi connectivity index (χ3n) is 7.38. The summed E-state index contributed by atoms with van der Waals surface area (Å²) < 4.78 is 50.3. The normalized spacial score (nSPS) is 36.6. The molecule has 3 fully saturated rings. The van der Waals surface area contributed by atoms with Gasteiger partial charge in [-0.25, -0.2) is 19.5 Å². The number of aromatic amines is 1. The Balaban J connectivity index is 1.18. The predicted molar refractivity (Wildman–Crippen MR) is 152 cm³/mol. The van der Waals surface area contributed by atoms with Crippen molar-refractivity contribution in [3.05, 3.63) is 35.3 Å². The summed E-state index contributed by atoms with van der Waals surface area (Å²) in [6, 6.07) is 1.48. The fourth-order valence-electron chi connectivity index (χ4n) is 5.35. The minimum absolute atomic E-state index is 0.103. The van der Waals surface area contributed by atoms with Gasteiger partial charge >= 0.3 is 7.82 Å². The number of aliphatic hydroxyl groups is 2. The zero-order valence-corrected chi connectivity index (χ0v) is 24.8. The van der Waals surface area contributed by atoms with E-state index in [0.29, 0.717) is 0 Å². The van der Waals surface area contributed by atoms with Crippen molar-refractivity contribution in [2.24, 2.45) is 0 Å². The number of aliphatic hydroxyl groups excluding tert-OH is 2. The lowest BCUT2D eigenvalue weighted by Crippen LogP contribution is -2.36. The number of aromatic nitrogens is 7. The monoisotopic (exact) mass is 673 g/mol. The van der Waals surface area contributed by atoms with Gasteiger partial charge in [0.1, 0.15) is 48.5 Å². The Bertz CT molecular complexity index is 1820. The molecule has 7 heterocycles. The Hall–Kier alpha value is -2.78. The largest absolute Gasteiger partial charge is 0.472 e. The number of hydrogen-bond acceptors (Lipinski definition) is 17. The van der Waals surface area contributed by atoms with Crippen molar-refractivity contribution >= 4 is 61.6 Å². The molecule has 0 aromatic carbocycles. The topological polar surface area (TPSA) is 279 Å². The van der Waals surface area contributed by atoms with Crippen LogP contribution in [0.3, 0.4) is 0 Å². The molecule has 0 aliphatic carbocycles. The molecular formula is C21H25N9O11P2S. The first-order chi connectivity index (χ1) is 21.0. The third-order valence-corrected chi connectivity index (χ3v) is 9.78. The van der Waals surface area contributed by atoms with E-state index in [9.17, 15) is 24.5 Å². The molecule has 8 N–H and O–H groups in total. The molecule has 3 aliphatic rings. The fraction of sp³-hybridized carbons (Fsp3) is 0.476. The summed E-state index contributed by atoms with van der Waals surface area (Å²) in [5.41, 5.74) is 11.8. The second kappa shape index (κ2) is 11.2. The van der Waals surface area contributed by atoms with Crippen LogP contribution in [0.2, 0.25) is 0 Å². The number of anilines is 2. The van der Waals surface area contributed by atoms with E-state index >= 15 is 0 Å². The second-order valence-electron chi connectivity index (χ2n) is 10.0.